The number of piperidine rings is 1. The van der Waals surface area contributed by atoms with Crippen molar-refractivity contribution in [3.8, 4) is 0 Å². The van der Waals surface area contributed by atoms with Crippen molar-refractivity contribution in [2.75, 3.05) is 19.6 Å². The molecule has 2 heterocycles. The third kappa shape index (κ3) is 4.76. The van der Waals surface area contributed by atoms with E-state index in [0.29, 0.717) is 36.8 Å². The smallest absolute Gasteiger partial charge is 0.248 e. The van der Waals surface area contributed by atoms with E-state index >= 15 is 0 Å². The minimum Gasteiger partial charge on any atom is -0.355 e. The standard InChI is InChI=1S/C24H27N3O4S/c1-17(18-6-3-2-4-7-18)15-25-24(29)20-8-5-13-27(16-20)32(30,31)21-10-11-22-19(14-21)9-12-23(28)26-22/h2-4,6-7,9-12,14,17,20H,5,8,13,15-16H2,1H3,(H,25,29)(H,26,28)/t17-,20+/m1/s1. The molecule has 4 rings (SSSR count). The average molecular weight is 454 g/mol. The number of pyridine rings is 1. The highest BCUT2D eigenvalue weighted by atomic mass is 32.2. The molecule has 2 aromatic carbocycles. The summed E-state index contributed by atoms with van der Waals surface area (Å²) in [5.74, 6) is -0.310. The molecule has 1 aliphatic heterocycles. The van der Waals surface area contributed by atoms with Crippen LogP contribution in [0.25, 0.3) is 10.9 Å². The predicted molar refractivity (Wildman–Crippen MR) is 124 cm³/mol. The van der Waals surface area contributed by atoms with Crippen LogP contribution < -0.4 is 10.9 Å². The van der Waals surface area contributed by atoms with Crippen molar-refractivity contribution >= 4 is 26.8 Å². The van der Waals surface area contributed by atoms with Crippen LogP contribution in [0.4, 0.5) is 0 Å². The van der Waals surface area contributed by atoms with Crippen molar-refractivity contribution < 1.29 is 13.2 Å². The SMILES string of the molecule is C[C@H](CNC(=O)[C@H]1CCCN(S(=O)(=O)c2ccc3[nH]c(=O)ccc3c2)C1)c1ccccc1. The molecule has 7 nitrogen and oxygen atoms in total. The van der Waals surface area contributed by atoms with E-state index in [4.69, 9.17) is 0 Å². The number of hydrogen-bond donors (Lipinski definition) is 2. The van der Waals surface area contributed by atoms with Crippen LogP contribution in [0.1, 0.15) is 31.2 Å². The number of sulfonamides is 1. The molecule has 0 bridgehead atoms. The zero-order valence-electron chi connectivity index (χ0n) is 18.0. The number of carbonyl (C=O) groups excluding carboxylic acids is 1. The van der Waals surface area contributed by atoms with Gasteiger partial charge in [0.2, 0.25) is 21.5 Å². The maximum atomic E-state index is 13.2. The predicted octanol–water partition coefficient (Wildman–Crippen LogP) is 2.85. The molecule has 0 aliphatic carbocycles. The fourth-order valence-electron chi connectivity index (χ4n) is 4.11. The van der Waals surface area contributed by atoms with E-state index in [1.54, 1.807) is 18.2 Å². The molecule has 2 N–H and O–H groups in total. The van der Waals surface area contributed by atoms with E-state index < -0.39 is 10.0 Å². The van der Waals surface area contributed by atoms with Gasteiger partial charge in [-0.3, -0.25) is 9.59 Å². The molecule has 8 heteroatoms. The lowest BCUT2D eigenvalue weighted by Crippen LogP contribution is -2.45. The second-order valence-electron chi connectivity index (χ2n) is 8.33. The largest absolute Gasteiger partial charge is 0.355 e. The minimum absolute atomic E-state index is 0.108. The molecule has 0 spiro atoms. The van der Waals surface area contributed by atoms with Gasteiger partial charge in [0.25, 0.3) is 0 Å². The summed E-state index contributed by atoms with van der Waals surface area (Å²) >= 11 is 0. The zero-order chi connectivity index (χ0) is 22.7. The molecule has 1 fully saturated rings. The van der Waals surface area contributed by atoms with E-state index in [9.17, 15) is 18.0 Å². The highest BCUT2D eigenvalue weighted by Crippen LogP contribution is 2.26. The lowest BCUT2D eigenvalue weighted by molar-refractivity contribution is -0.126. The summed E-state index contributed by atoms with van der Waals surface area (Å²) < 4.78 is 27.9. The van der Waals surface area contributed by atoms with Crippen molar-refractivity contribution in [2.45, 2.75) is 30.6 Å². The fourth-order valence-corrected chi connectivity index (χ4v) is 5.67. The van der Waals surface area contributed by atoms with E-state index in [-0.39, 0.29) is 34.7 Å². The Labute approximate surface area is 187 Å². The Bertz CT molecular complexity index is 1270. The molecule has 32 heavy (non-hydrogen) atoms. The maximum Gasteiger partial charge on any atom is 0.248 e. The van der Waals surface area contributed by atoms with E-state index in [1.807, 2.05) is 30.3 Å². The van der Waals surface area contributed by atoms with Gasteiger partial charge in [-0.2, -0.15) is 4.31 Å². The molecule has 1 aromatic heterocycles. The Kier molecular flexibility index (Phi) is 6.43. The van der Waals surface area contributed by atoms with Gasteiger partial charge in [-0.25, -0.2) is 8.42 Å². The number of aromatic amines is 1. The number of aromatic nitrogens is 1. The van der Waals surface area contributed by atoms with Gasteiger partial charge in [0.05, 0.1) is 10.8 Å². The fraction of sp³-hybridized carbons (Fsp3) is 0.333. The van der Waals surface area contributed by atoms with E-state index in [0.717, 1.165) is 5.56 Å². The maximum absolute atomic E-state index is 13.2. The Morgan fingerprint density at radius 1 is 1.16 bits per heavy atom. The molecule has 0 saturated carbocycles. The van der Waals surface area contributed by atoms with E-state index in [1.165, 1.54) is 16.4 Å². The van der Waals surface area contributed by atoms with Gasteiger partial charge in [0, 0.05) is 31.2 Å². The molecule has 0 unspecified atom stereocenters. The van der Waals surface area contributed by atoms with Crippen LogP contribution in [0.5, 0.6) is 0 Å². The Balaban J connectivity index is 1.44. The molecule has 1 aliphatic rings. The van der Waals surface area contributed by atoms with Gasteiger partial charge in [-0.05, 0) is 54.0 Å². The number of rotatable bonds is 6. The van der Waals surface area contributed by atoms with Crippen LogP contribution in [0.15, 0.2) is 70.4 Å². The zero-order valence-corrected chi connectivity index (χ0v) is 18.8. The Hall–Kier alpha value is -2.97. The summed E-state index contributed by atoms with van der Waals surface area (Å²) in [6.45, 7) is 3.11. The van der Waals surface area contributed by atoms with Crippen LogP contribution in [0, 0.1) is 5.92 Å². The van der Waals surface area contributed by atoms with Gasteiger partial charge >= 0.3 is 0 Å². The van der Waals surface area contributed by atoms with Crippen LogP contribution in [-0.2, 0) is 14.8 Å². The van der Waals surface area contributed by atoms with Crippen LogP contribution in [0.2, 0.25) is 0 Å². The minimum atomic E-state index is -3.74. The first kappa shape index (κ1) is 22.2. The third-order valence-electron chi connectivity index (χ3n) is 6.04. The third-order valence-corrected chi connectivity index (χ3v) is 7.90. The van der Waals surface area contributed by atoms with Gasteiger partial charge in [-0.1, -0.05) is 37.3 Å². The lowest BCUT2D eigenvalue weighted by Gasteiger charge is -2.31. The second-order valence-corrected chi connectivity index (χ2v) is 10.3. The van der Waals surface area contributed by atoms with Crippen molar-refractivity contribution in [1.82, 2.24) is 14.6 Å². The number of carbonyl (C=O) groups is 1. The molecule has 3 aromatic rings. The summed E-state index contributed by atoms with van der Waals surface area (Å²) in [7, 11) is -3.74. The number of fused-ring (bicyclic) bond motifs is 1. The molecule has 168 valence electrons. The number of hydrogen-bond acceptors (Lipinski definition) is 4. The number of nitrogens with zero attached hydrogens (tertiary/aromatic N) is 1. The summed E-state index contributed by atoms with van der Waals surface area (Å²) in [6.07, 6.45) is 1.29. The topological polar surface area (TPSA) is 99.3 Å². The number of amides is 1. The summed E-state index contributed by atoms with van der Waals surface area (Å²) in [5.41, 5.74) is 1.50. The van der Waals surface area contributed by atoms with Gasteiger partial charge in [0.1, 0.15) is 0 Å². The Morgan fingerprint density at radius 2 is 1.94 bits per heavy atom. The molecular formula is C24H27N3O4S. The molecule has 2 atom stereocenters. The van der Waals surface area contributed by atoms with Gasteiger partial charge < -0.3 is 10.3 Å². The van der Waals surface area contributed by atoms with Crippen molar-refractivity contribution in [3.63, 3.8) is 0 Å². The summed E-state index contributed by atoms with van der Waals surface area (Å²) in [5, 5.41) is 3.64. The first-order valence-electron chi connectivity index (χ1n) is 10.8. The monoisotopic (exact) mass is 453 g/mol. The van der Waals surface area contributed by atoms with Gasteiger partial charge in [0.15, 0.2) is 0 Å². The molecule has 1 amide bonds. The van der Waals surface area contributed by atoms with Crippen LogP contribution in [-0.4, -0.2) is 43.2 Å². The van der Waals surface area contributed by atoms with E-state index in [2.05, 4.69) is 17.2 Å². The summed E-state index contributed by atoms with van der Waals surface area (Å²) in [4.78, 5) is 27.1. The normalized spacial score (nSPS) is 18.3. The number of nitrogens with one attached hydrogen (secondary N) is 2. The molecule has 0 radical (unpaired) electrons. The number of H-pyrrole nitrogens is 1. The molecular weight excluding hydrogens is 426 g/mol. The highest BCUT2D eigenvalue weighted by Gasteiger charge is 2.33. The van der Waals surface area contributed by atoms with Crippen molar-refractivity contribution in [1.29, 1.82) is 0 Å². The quantitative estimate of drug-likeness (QED) is 0.599. The second kappa shape index (κ2) is 9.26. The van der Waals surface area contributed by atoms with Gasteiger partial charge in [-0.15, -0.1) is 0 Å². The van der Waals surface area contributed by atoms with Crippen LogP contribution >= 0.6 is 0 Å². The van der Waals surface area contributed by atoms with Crippen molar-refractivity contribution in [3.05, 3.63) is 76.6 Å². The van der Waals surface area contributed by atoms with Crippen molar-refractivity contribution in [2.24, 2.45) is 5.92 Å². The van der Waals surface area contributed by atoms with Crippen LogP contribution in [0.3, 0.4) is 0 Å². The highest BCUT2D eigenvalue weighted by molar-refractivity contribution is 7.89. The molecule has 1 saturated heterocycles. The lowest BCUT2D eigenvalue weighted by atomic mass is 9.97. The first-order chi connectivity index (χ1) is 15.3. The average Bonchev–Trinajstić information content (AvgIpc) is 2.82. The number of benzene rings is 2. The first-order valence-corrected chi connectivity index (χ1v) is 12.2. The Morgan fingerprint density at radius 3 is 2.72 bits per heavy atom. The summed E-state index contributed by atoms with van der Waals surface area (Å²) in [6, 6.07) is 17.6.